The van der Waals surface area contributed by atoms with E-state index in [-0.39, 0.29) is 12.6 Å². The van der Waals surface area contributed by atoms with Crippen LogP contribution in [-0.4, -0.2) is 35.4 Å². The topological polar surface area (TPSA) is 84.9 Å². The largest absolute Gasteiger partial charge is 0.459 e. The highest BCUT2D eigenvalue weighted by atomic mass is 16.6. The van der Waals surface area contributed by atoms with Gasteiger partial charge in [-0.25, -0.2) is 4.79 Å². The van der Waals surface area contributed by atoms with E-state index in [0.717, 1.165) is 5.56 Å². The Hall–Kier alpha value is -2.34. The average Bonchev–Trinajstić information content (AvgIpc) is 2.68. The summed E-state index contributed by atoms with van der Waals surface area (Å²) in [6.45, 7) is 1.48. The Morgan fingerprint density at radius 3 is 2.74 bits per heavy atom. The fraction of sp³-hybridized carbons (Fsp3) is 0.412. The number of alkyl carbamates (subject to hydrolysis) is 1. The van der Waals surface area contributed by atoms with Crippen molar-refractivity contribution in [1.82, 2.24) is 5.32 Å². The zero-order valence-electron chi connectivity index (χ0n) is 13.0. The molecule has 0 heterocycles. The summed E-state index contributed by atoms with van der Waals surface area (Å²) in [5.41, 5.74) is 0.900. The van der Waals surface area contributed by atoms with Gasteiger partial charge in [-0.2, -0.15) is 0 Å². The molecule has 6 heteroatoms. The quantitative estimate of drug-likeness (QED) is 0.654. The third-order valence-electron chi connectivity index (χ3n) is 3.50. The van der Waals surface area contributed by atoms with Crippen molar-refractivity contribution in [1.29, 1.82) is 0 Å². The second-order valence-electron chi connectivity index (χ2n) is 5.44. The average molecular weight is 319 g/mol. The van der Waals surface area contributed by atoms with Gasteiger partial charge in [0, 0.05) is 19.4 Å². The molecule has 1 aromatic carbocycles. The van der Waals surface area contributed by atoms with Gasteiger partial charge in [-0.15, -0.1) is 0 Å². The molecule has 0 radical (unpaired) electrons. The van der Waals surface area contributed by atoms with Crippen molar-refractivity contribution in [2.45, 2.75) is 44.6 Å². The highest BCUT2D eigenvalue weighted by molar-refractivity contribution is 5.68. The summed E-state index contributed by atoms with van der Waals surface area (Å²) >= 11 is 0. The van der Waals surface area contributed by atoms with Gasteiger partial charge in [0.05, 0.1) is 0 Å². The van der Waals surface area contributed by atoms with E-state index in [9.17, 15) is 14.7 Å². The first kappa shape index (κ1) is 17.0. The van der Waals surface area contributed by atoms with E-state index >= 15 is 0 Å². The predicted octanol–water partition coefficient (Wildman–Crippen LogP) is 1.92. The smallest absolute Gasteiger partial charge is 0.407 e. The van der Waals surface area contributed by atoms with Gasteiger partial charge >= 0.3 is 12.1 Å². The van der Waals surface area contributed by atoms with Crippen LogP contribution in [0.5, 0.6) is 0 Å². The third kappa shape index (κ3) is 5.75. The van der Waals surface area contributed by atoms with Gasteiger partial charge in [0.2, 0.25) is 0 Å². The molecule has 0 aliphatic heterocycles. The molecule has 2 rings (SSSR count). The molecule has 124 valence electrons. The number of aliphatic hydroxyl groups is 1. The zero-order valence-corrected chi connectivity index (χ0v) is 13.0. The molecule has 1 aliphatic carbocycles. The summed E-state index contributed by atoms with van der Waals surface area (Å²) in [6, 6.07) is 9.11. The highest BCUT2D eigenvalue weighted by Gasteiger charge is 2.27. The molecule has 0 unspecified atom stereocenters. The second-order valence-corrected chi connectivity index (χ2v) is 5.44. The Labute approximate surface area is 135 Å². The first-order valence-electron chi connectivity index (χ1n) is 7.53. The number of benzene rings is 1. The van der Waals surface area contributed by atoms with Gasteiger partial charge in [-0.05, 0) is 12.0 Å². The van der Waals surface area contributed by atoms with Crippen molar-refractivity contribution in [3.8, 4) is 0 Å². The number of esters is 1. The summed E-state index contributed by atoms with van der Waals surface area (Å²) in [5.74, 6) is -0.463. The maximum absolute atomic E-state index is 11.9. The maximum atomic E-state index is 11.9. The third-order valence-corrected chi connectivity index (χ3v) is 3.50. The van der Waals surface area contributed by atoms with E-state index in [0.29, 0.717) is 12.8 Å². The molecule has 0 aromatic heterocycles. The highest BCUT2D eigenvalue weighted by Crippen LogP contribution is 2.17. The molecule has 0 saturated carbocycles. The number of amides is 1. The summed E-state index contributed by atoms with van der Waals surface area (Å²) in [6.07, 6.45) is 2.12. The molecule has 1 aliphatic rings. The minimum Gasteiger partial charge on any atom is -0.459 e. The molecule has 1 aromatic rings. The van der Waals surface area contributed by atoms with Crippen molar-refractivity contribution in [2.75, 3.05) is 0 Å². The van der Waals surface area contributed by atoms with Crippen LogP contribution in [0.3, 0.4) is 0 Å². The molecule has 23 heavy (non-hydrogen) atoms. The van der Waals surface area contributed by atoms with Gasteiger partial charge in [-0.3, -0.25) is 4.79 Å². The lowest BCUT2D eigenvalue weighted by molar-refractivity contribution is -0.151. The molecular formula is C17H21NO5. The first-order chi connectivity index (χ1) is 11.0. The van der Waals surface area contributed by atoms with E-state index in [4.69, 9.17) is 9.47 Å². The van der Waals surface area contributed by atoms with Crippen LogP contribution in [0.25, 0.3) is 0 Å². The summed E-state index contributed by atoms with van der Waals surface area (Å²) in [5, 5.41) is 12.6. The molecule has 0 fully saturated rings. The molecule has 3 atom stereocenters. The van der Waals surface area contributed by atoms with Gasteiger partial charge < -0.3 is 19.9 Å². The lowest BCUT2D eigenvalue weighted by atomic mass is 10.1. The number of aliphatic hydroxyl groups excluding tert-OH is 1. The van der Waals surface area contributed by atoms with Crippen LogP contribution in [0.15, 0.2) is 42.5 Å². The Balaban J connectivity index is 1.84. The van der Waals surface area contributed by atoms with E-state index < -0.39 is 24.3 Å². The monoisotopic (exact) mass is 319 g/mol. The predicted molar refractivity (Wildman–Crippen MR) is 83.5 cm³/mol. The van der Waals surface area contributed by atoms with E-state index in [1.165, 1.54) is 6.92 Å². The van der Waals surface area contributed by atoms with Crippen molar-refractivity contribution in [3.05, 3.63) is 48.0 Å². The van der Waals surface area contributed by atoms with Crippen LogP contribution in [0.4, 0.5) is 4.79 Å². The minimum atomic E-state index is -0.869. The number of hydrogen-bond acceptors (Lipinski definition) is 5. The van der Waals surface area contributed by atoms with E-state index in [2.05, 4.69) is 5.32 Å². The molecule has 1 amide bonds. The first-order valence-corrected chi connectivity index (χ1v) is 7.53. The van der Waals surface area contributed by atoms with Gasteiger partial charge in [0.15, 0.2) is 0 Å². The van der Waals surface area contributed by atoms with E-state index in [1.54, 1.807) is 12.2 Å². The lowest BCUT2D eigenvalue weighted by Crippen LogP contribution is -2.40. The Kier molecular flexibility index (Phi) is 6.17. The molecule has 0 bridgehead atoms. The number of carbonyl (C=O) groups is 2. The number of hydrogen-bond donors (Lipinski definition) is 2. The molecule has 2 N–H and O–H groups in total. The van der Waals surface area contributed by atoms with E-state index in [1.807, 2.05) is 30.3 Å². The SMILES string of the molecule is CC(=O)O[C@H]1C[C@@H](NC(=O)OCc2ccccc2)CC=C[C@@H]1O. The van der Waals surface area contributed by atoms with Crippen LogP contribution < -0.4 is 5.32 Å². The van der Waals surface area contributed by atoms with Gasteiger partial charge in [-0.1, -0.05) is 42.5 Å². The number of nitrogens with one attached hydrogen (secondary N) is 1. The van der Waals surface area contributed by atoms with Crippen molar-refractivity contribution < 1.29 is 24.2 Å². The van der Waals surface area contributed by atoms with Crippen LogP contribution in [0.2, 0.25) is 0 Å². The van der Waals surface area contributed by atoms with Crippen molar-refractivity contribution in [2.24, 2.45) is 0 Å². The lowest BCUT2D eigenvalue weighted by Gasteiger charge is -2.23. The number of rotatable bonds is 4. The molecule has 0 spiro atoms. The Morgan fingerprint density at radius 2 is 2.04 bits per heavy atom. The minimum absolute atomic E-state index is 0.186. The fourth-order valence-corrected chi connectivity index (χ4v) is 2.40. The molecule has 0 saturated heterocycles. The maximum Gasteiger partial charge on any atom is 0.407 e. The zero-order chi connectivity index (χ0) is 16.7. The fourth-order valence-electron chi connectivity index (χ4n) is 2.40. The Morgan fingerprint density at radius 1 is 1.30 bits per heavy atom. The van der Waals surface area contributed by atoms with Crippen LogP contribution in [0, 0.1) is 0 Å². The molecule has 6 nitrogen and oxygen atoms in total. The Bertz CT molecular complexity index is 557. The second kappa shape index (κ2) is 8.33. The van der Waals surface area contributed by atoms with Crippen molar-refractivity contribution >= 4 is 12.1 Å². The van der Waals surface area contributed by atoms with Gasteiger partial charge in [0.1, 0.15) is 18.8 Å². The van der Waals surface area contributed by atoms with Crippen LogP contribution in [0.1, 0.15) is 25.3 Å². The summed E-state index contributed by atoms with van der Waals surface area (Å²) in [7, 11) is 0. The number of ether oxygens (including phenoxy) is 2. The van der Waals surface area contributed by atoms with Crippen LogP contribution in [-0.2, 0) is 20.9 Å². The standard InChI is InChI=1S/C17H21NO5/c1-12(19)23-16-10-14(8-5-9-15(16)20)18-17(21)22-11-13-6-3-2-4-7-13/h2-7,9,14-16,20H,8,10-11H2,1H3,(H,18,21)/t14-,15-,16-/m0/s1. The number of carbonyl (C=O) groups excluding carboxylic acids is 2. The van der Waals surface area contributed by atoms with Crippen molar-refractivity contribution in [3.63, 3.8) is 0 Å². The van der Waals surface area contributed by atoms with Crippen LogP contribution >= 0.6 is 0 Å². The van der Waals surface area contributed by atoms with Gasteiger partial charge in [0.25, 0.3) is 0 Å². The molecular weight excluding hydrogens is 298 g/mol. The summed E-state index contributed by atoms with van der Waals surface area (Å²) < 4.78 is 10.3. The normalized spacial score (nSPS) is 23.7. The summed E-state index contributed by atoms with van der Waals surface area (Å²) in [4.78, 5) is 23.0.